The van der Waals surface area contributed by atoms with E-state index in [4.69, 9.17) is 5.73 Å². The Morgan fingerprint density at radius 3 is 2.40 bits per heavy atom. The average Bonchev–Trinajstić information content (AvgIpc) is 2.37. The third-order valence-corrected chi connectivity index (χ3v) is 1.58. The van der Waals surface area contributed by atoms with Crippen LogP contribution in [0.2, 0.25) is 0 Å². The van der Waals surface area contributed by atoms with Crippen LogP contribution in [0, 0.1) is 5.92 Å². The maximum atomic E-state index is 11.0. The number of imide groups is 1. The number of primary amides is 2. The molecule has 1 atom stereocenters. The molecule has 1 fully saturated rings. The largest absolute Gasteiger partial charge is 0.369 e. The molecule has 0 aliphatic carbocycles. The summed E-state index contributed by atoms with van der Waals surface area (Å²) < 4.78 is 0. The number of hydrazone groups is 1. The van der Waals surface area contributed by atoms with Gasteiger partial charge in [-0.15, -0.1) is 0 Å². The quantitative estimate of drug-likeness (QED) is 0.216. The van der Waals surface area contributed by atoms with Crippen LogP contribution in [-0.2, 0) is 14.4 Å². The molecule has 0 aromatic rings. The Labute approximate surface area is 82.8 Å². The number of carbonyl (C=O) groups excluding carboxylic acids is 4. The molecular formula is C6H7N5O4. The highest BCUT2D eigenvalue weighted by atomic mass is 16.2. The summed E-state index contributed by atoms with van der Waals surface area (Å²) in [6.07, 6.45) is 0. The number of rotatable bonds is 2. The van der Waals surface area contributed by atoms with Crippen LogP contribution in [0.25, 0.3) is 0 Å². The van der Waals surface area contributed by atoms with Gasteiger partial charge in [-0.05, 0) is 0 Å². The number of hydrogen-bond donors (Lipinski definition) is 4. The smallest absolute Gasteiger partial charge is 0.332 e. The molecule has 0 aromatic carbocycles. The van der Waals surface area contributed by atoms with Crippen LogP contribution in [0.15, 0.2) is 5.10 Å². The van der Waals surface area contributed by atoms with Gasteiger partial charge in [-0.25, -0.2) is 10.2 Å². The molecular weight excluding hydrogens is 206 g/mol. The van der Waals surface area contributed by atoms with Crippen molar-refractivity contribution in [2.45, 2.75) is 0 Å². The average molecular weight is 213 g/mol. The van der Waals surface area contributed by atoms with Gasteiger partial charge in [0.2, 0.25) is 11.8 Å². The fourth-order valence-corrected chi connectivity index (χ4v) is 0.998. The molecule has 80 valence electrons. The Morgan fingerprint density at radius 2 is 1.93 bits per heavy atom. The van der Waals surface area contributed by atoms with Crippen molar-refractivity contribution in [2.24, 2.45) is 22.5 Å². The number of carbonyl (C=O) groups is 4. The normalized spacial score (nSPS) is 22.7. The molecule has 1 rings (SSSR count). The van der Waals surface area contributed by atoms with Gasteiger partial charge in [-0.3, -0.25) is 19.7 Å². The van der Waals surface area contributed by atoms with Gasteiger partial charge in [0.1, 0.15) is 5.71 Å². The van der Waals surface area contributed by atoms with Crippen molar-refractivity contribution in [2.75, 3.05) is 0 Å². The molecule has 1 saturated heterocycles. The summed E-state index contributed by atoms with van der Waals surface area (Å²) >= 11 is 0. The van der Waals surface area contributed by atoms with E-state index in [1.807, 2.05) is 5.32 Å². The predicted octanol–water partition coefficient (Wildman–Crippen LogP) is -3.23. The standard InChI is InChI=1S/C6H7N5O4/c7-3(12)1-2(10-11-6(8)15)5(14)9-4(1)13/h1H,(H2,7,12)(H3,8,11,15)(H,9,13,14)/b10-2+. The van der Waals surface area contributed by atoms with Crippen LogP contribution in [0.3, 0.4) is 0 Å². The first-order valence-corrected chi connectivity index (χ1v) is 3.71. The van der Waals surface area contributed by atoms with Gasteiger partial charge in [0.05, 0.1) is 0 Å². The zero-order chi connectivity index (χ0) is 11.6. The Bertz CT molecular complexity index is 387. The lowest BCUT2D eigenvalue weighted by molar-refractivity contribution is -0.130. The fraction of sp³-hybridized carbons (Fsp3) is 0.167. The monoisotopic (exact) mass is 213 g/mol. The van der Waals surface area contributed by atoms with Gasteiger partial charge in [-0.2, -0.15) is 5.10 Å². The highest BCUT2D eigenvalue weighted by molar-refractivity contribution is 6.54. The first kappa shape index (κ1) is 10.6. The number of nitrogens with two attached hydrogens (primary N) is 2. The molecule has 1 aliphatic rings. The number of amides is 5. The third-order valence-electron chi connectivity index (χ3n) is 1.58. The summed E-state index contributed by atoms with van der Waals surface area (Å²) in [6, 6.07) is -1.03. The van der Waals surface area contributed by atoms with E-state index in [1.165, 1.54) is 0 Å². The van der Waals surface area contributed by atoms with Gasteiger partial charge in [0.15, 0.2) is 5.92 Å². The van der Waals surface area contributed by atoms with E-state index in [1.54, 1.807) is 5.43 Å². The van der Waals surface area contributed by atoms with Gasteiger partial charge in [0, 0.05) is 0 Å². The number of hydrogen-bond acceptors (Lipinski definition) is 5. The summed E-state index contributed by atoms with van der Waals surface area (Å²) in [4.78, 5) is 43.2. The van der Waals surface area contributed by atoms with E-state index in [0.29, 0.717) is 0 Å². The van der Waals surface area contributed by atoms with Crippen LogP contribution in [0.4, 0.5) is 4.79 Å². The SMILES string of the molecule is NC(=O)N/N=C1/C(=O)NC(=O)C1C(N)=O. The van der Waals surface area contributed by atoms with Gasteiger partial charge in [-0.1, -0.05) is 0 Å². The lowest BCUT2D eigenvalue weighted by Gasteiger charge is -2.00. The molecule has 15 heavy (non-hydrogen) atoms. The maximum absolute atomic E-state index is 11.0. The molecule has 0 radical (unpaired) electrons. The van der Waals surface area contributed by atoms with Crippen LogP contribution in [-0.4, -0.2) is 29.5 Å². The minimum atomic E-state index is -1.50. The van der Waals surface area contributed by atoms with E-state index in [-0.39, 0.29) is 0 Å². The molecule has 1 heterocycles. The van der Waals surface area contributed by atoms with Crippen LogP contribution in [0.1, 0.15) is 0 Å². The molecule has 9 nitrogen and oxygen atoms in total. The molecule has 0 spiro atoms. The Morgan fingerprint density at radius 1 is 1.33 bits per heavy atom. The van der Waals surface area contributed by atoms with Crippen molar-refractivity contribution in [1.82, 2.24) is 10.7 Å². The molecule has 5 amide bonds. The molecule has 9 heteroatoms. The highest BCUT2D eigenvalue weighted by Crippen LogP contribution is 2.07. The van der Waals surface area contributed by atoms with Crippen molar-refractivity contribution in [3.05, 3.63) is 0 Å². The Hall–Kier alpha value is -2.45. The third kappa shape index (κ3) is 2.07. The summed E-state index contributed by atoms with van der Waals surface area (Å²) in [7, 11) is 0. The predicted molar refractivity (Wildman–Crippen MR) is 46.0 cm³/mol. The zero-order valence-electron chi connectivity index (χ0n) is 7.31. The van der Waals surface area contributed by atoms with Crippen molar-refractivity contribution < 1.29 is 19.2 Å². The molecule has 0 aromatic heterocycles. The van der Waals surface area contributed by atoms with Crippen molar-refractivity contribution >= 4 is 29.5 Å². The minimum Gasteiger partial charge on any atom is -0.369 e. The van der Waals surface area contributed by atoms with E-state index < -0.39 is 35.4 Å². The van der Waals surface area contributed by atoms with E-state index in [0.717, 1.165) is 0 Å². The topological polar surface area (TPSA) is 157 Å². The number of nitrogens with zero attached hydrogens (tertiary/aromatic N) is 1. The van der Waals surface area contributed by atoms with E-state index in [2.05, 4.69) is 10.8 Å². The second-order valence-corrected chi connectivity index (χ2v) is 2.63. The van der Waals surface area contributed by atoms with E-state index >= 15 is 0 Å². The van der Waals surface area contributed by atoms with Gasteiger partial charge in [0.25, 0.3) is 5.91 Å². The molecule has 6 N–H and O–H groups in total. The molecule has 1 aliphatic heterocycles. The highest BCUT2D eigenvalue weighted by Gasteiger charge is 2.42. The summed E-state index contributed by atoms with van der Waals surface area (Å²) in [5.74, 6) is -4.30. The van der Waals surface area contributed by atoms with Gasteiger partial charge >= 0.3 is 6.03 Å². The van der Waals surface area contributed by atoms with Crippen molar-refractivity contribution in [3.63, 3.8) is 0 Å². The first-order valence-electron chi connectivity index (χ1n) is 3.71. The number of nitrogens with one attached hydrogen (secondary N) is 2. The summed E-state index contributed by atoms with van der Waals surface area (Å²) in [5, 5.41) is 5.04. The zero-order valence-corrected chi connectivity index (χ0v) is 7.31. The van der Waals surface area contributed by atoms with Crippen molar-refractivity contribution in [1.29, 1.82) is 0 Å². The Balaban J connectivity index is 2.98. The van der Waals surface area contributed by atoms with Crippen LogP contribution < -0.4 is 22.2 Å². The lowest BCUT2D eigenvalue weighted by atomic mass is 10.1. The van der Waals surface area contributed by atoms with Crippen LogP contribution >= 0.6 is 0 Å². The summed E-state index contributed by atoms with van der Waals surface area (Å²) in [5.41, 5.74) is 10.8. The van der Waals surface area contributed by atoms with Gasteiger partial charge < -0.3 is 11.5 Å². The van der Waals surface area contributed by atoms with Crippen molar-refractivity contribution in [3.8, 4) is 0 Å². The minimum absolute atomic E-state index is 0.480. The second-order valence-electron chi connectivity index (χ2n) is 2.63. The first-order chi connectivity index (χ1) is 6.93. The Kier molecular flexibility index (Phi) is 2.65. The molecule has 0 saturated carbocycles. The van der Waals surface area contributed by atoms with E-state index in [9.17, 15) is 19.2 Å². The molecule has 0 bridgehead atoms. The maximum Gasteiger partial charge on any atom is 0.332 e. The molecule has 1 unspecified atom stereocenters. The summed E-state index contributed by atoms with van der Waals surface area (Å²) in [6.45, 7) is 0. The second kappa shape index (κ2) is 3.74. The lowest BCUT2D eigenvalue weighted by Crippen LogP contribution is -2.35. The number of urea groups is 1. The fourth-order valence-electron chi connectivity index (χ4n) is 0.998. The van der Waals surface area contributed by atoms with Crippen LogP contribution in [0.5, 0.6) is 0 Å².